The Morgan fingerprint density at radius 1 is 1.27 bits per heavy atom. The van der Waals surface area contributed by atoms with Crippen molar-refractivity contribution in [2.24, 2.45) is 5.92 Å². The Hall–Kier alpha value is -1.69. The highest BCUT2D eigenvalue weighted by atomic mass is 32.1. The van der Waals surface area contributed by atoms with Crippen molar-refractivity contribution < 1.29 is 4.79 Å². The standard InChI is InChI=1S/C20H28N4OS/c1-20(2,3)17-12-26-18(22-17)13-6-8-24(9-7-13)19(25)14-4-5-15-11-21-23-16(15)10-14/h11-14H,4-10H2,1-3H3,(H,21,23). The molecule has 0 aromatic carbocycles. The lowest BCUT2D eigenvalue weighted by molar-refractivity contribution is -0.137. The highest BCUT2D eigenvalue weighted by molar-refractivity contribution is 7.09. The molecule has 0 bridgehead atoms. The Morgan fingerprint density at radius 2 is 2.04 bits per heavy atom. The maximum Gasteiger partial charge on any atom is 0.226 e. The van der Waals surface area contributed by atoms with E-state index in [-0.39, 0.29) is 11.3 Å². The van der Waals surface area contributed by atoms with Crippen LogP contribution in [0.3, 0.4) is 0 Å². The summed E-state index contributed by atoms with van der Waals surface area (Å²) in [7, 11) is 0. The second kappa shape index (κ2) is 6.80. The van der Waals surface area contributed by atoms with Crippen LogP contribution in [0.1, 0.15) is 67.9 Å². The third-order valence-electron chi connectivity index (χ3n) is 5.82. The minimum absolute atomic E-state index is 0.109. The van der Waals surface area contributed by atoms with Crippen LogP contribution in [-0.2, 0) is 23.1 Å². The normalized spacial score (nSPS) is 21.7. The van der Waals surface area contributed by atoms with Crippen molar-refractivity contribution in [1.82, 2.24) is 20.1 Å². The summed E-state index contributed by atoms with van der Waals surface area (Å²) >= 11 is 1.79. The van der Waals surface area contributed by atoms with Crippen molar-refractivity contribution in [3.05, 3.63) is 33.5 Å². The summed E-state index contributed by atoms with van der Waals surface area (Å²) in [5, 5.41) is 10.6. The topological polar surface area (TPSA) is 61.9 Å². The summed E-state index contributed by atoms with van der Waals surface area (Å²) in [6.07, 6.45) is 6.70. The summed E-state index contributed by atoms with van der Waals surface area (Å²) in [6.45, 7) is 8.35. The fourth-order valence-corrected chi connectivity index (χ4v) is 5.26. The molecule has 6 heteroatoms. The van der Waals surface area contributed by atoms with Crippen LogP contribution < -0.4 is 0 Å². The van der Waals surface area contributed by atoms with Gasteiger partial charge in [-0.05, 0) is 31.2 Å². The fourth-order valence-electron chi connectivity index (χ4n) is 4.04. The molecular formula is C20H28N4OS. The summed E-state index contributed by atoms with van der Waals surface area (Å²) in [5.41, 5.74) is 3.74. The van der Waals surface area contributed by atoms with Crippen molar-refractivity contribution in [1.29, 1.82) is 0 Å². The zero-order chi connectivity index (χ0) is 18.3. The Balaban J connectivity index is 1.35. The molecule has 3 heterocycles. The third kappa shape index (κ3) is 3.43. The van der Waals surface area contributed by atoms with Crippen molar-refractivity contribution in [2.45, 2.75) is 64.2 Å². The molecule has 140 valence electrons. The van der Waals surface area contributed by atoms with Gasteiger partial charge in [0, 0.05) is 47.8 Å². The van der Waals surface area contributed by atoms with Gasteiger partial charge in [0.25, 0.3) is 0 Å². The number of nitrogens with one attached hydrogen (secondary N) is 1. The van der Waals surface area contributed by atoms with Crippen molar-refractivity contribution >= 4 is 17.2 Å². The minimum atomic E-state index is 0.109. The van der Waals surface area contributed by atoms with E-state index in [0.717, 1.165) is 50.9 Å². The van der Waals surface area contributed by atoms with E-state index in [4.69, 9.17) is 4.98 Å². The molecule has 1 amide bonds. The SMILES string of the molecule is CC(C)(C)c1csc(C2CCN(C(=O)C3CCc4cn[nH]c4C3)CC2)n1. The first-order valence-corrected chi connectivity index (χ1v) is 10.6. The van der Waals surface area contributed by atoms with E-state index in [2.05, 4.69) is 41.2 Å². The van der Waals surface area contributed by atoms with Crippen LogP contribution >= 0.6 is 11.3 Å². The van der Waals surface area contributed by atoms with E-state index >= 15 is 0 Å². The lowest BCUT2D eigenvalue weighted by Crippen LogP contribution is -2.42. The van der Waals surface area contributed by atoms with Gasteiger partial charge in [-0.15, -0.1) is 11.3 Å². The van der Waals surface area contributed by atoms with Gasteiger partial charge in [-0.25, -0.2) is 4.98 Å². The highest BCUT2D eigenvalue weighted by Crippen LogP contribution is 2.34. The molecule has 2 aliphatic rings. The van der Waals surface area contributed by atoms with Crippen LogP contribution in [0.4, 0.5) is 0 Å². The molecular weight excluding hydrogens is 344 g/mol. The molecule has 2 aromatic heterocycles. The van der Waals surface area contributed by atoms with Crippen LogP contribution in [0.15, 0.2) is 11.6 Å². The van der Waals surface area contributed by atoms with E-state index < -0.39 is 0 Å². The van der Waals surface area contributed by atoms with Crippen LogP contribution in [0.2, 0.25) is 0 Å². The van der Waals surface area contributed by atoms with Crippen LogP contribution in [0.5, 0.6) is 0 Å². The number of fused-ring (bicyclic) bond motifs is 1. The molecule has 0 radical (unpaired) electrons. The monoisotopic (exact) mass is 372 g/mol. The molecule has 1 aliphatic carbocycles. The Bertz CT molecular complexity index is 780. The number of aryl methyl sites for hydroxylation is 1. The van der Waals surface area contributed by atoms with Gasteiger partial charge in [0.05, 0.1) is 16.9 Å². The van der Waals surface area contributed by atoms with Gasteiger partial charge in [0.1, 0.15) is 0 Å². The number of hydrogen-bond donors (Lipinski definition) is 1. The van der Waals surface area contributed by atoms with Gasteiger partial charge >= 0.3 is 0 Å². The van der Waals surface area contributed by atoms with Gasteiger partial charge in [-0.3, -0.25) is 9.89 Å². The number of aromatic amines is 1. The van der Waals surface area contributed by atoms with Crippen LogP contribution in [-0.4, -0.2) is 39.1 Å². The number of carbonyl (C=O) groups is 1. The molecule has 1 aliphatic heterocycles. The van der Waals surface area contributed by atoms with Crippen molar-refractivity contribution in [3.8, 4) is 0 Å². The molecule has 1 N–H and O–H groups in total. The Labute approximate surface area is 159 Å². The number of likely N-dealkylation sites (tertiary alicyclic amines) is 1. The largest absolute Gasteiger partial charge is 0.342 e. The number of carbonyl (C=O) groups excluding carboxylic acids is 1. The first kappa shape index (κ1) is 17.7. The number of rotatable bonds is 2. The second-order valence-electron chi connectivity index (χ2n) is 8.73. The number of H-pyrrole nitrogens is 1. The number of aromatic nitrogens is 3. The van der Waals surface area contributed by atoms with Gasteiger partial charge in [-0.1, -0.05) is 20.8 Å². The second-order valence-corrected chi connectivity index (χ2v) is 9.62. The maximum absolute atomic E-state index is 12.9. The smallest absolute Gasteiger partial charge is 0.226 e. The van der Waals surface area contributed by atoms with Crippen molar-refractivity contribution in [3.63, 3.8) is 0 Å². The van der Waals surface area contributed by atoms with E-state index in [9.17, 15) is 4.79 Å². The van der Waals surface area contributed by atoms with E-state index in [1.165, 1.54) is 16.3 Å². The zero-order valence-corrected chi connectivity index (χ0v) is 16.7. The Kier molecular flexibility index (Phi) is 4.63. The number of thiazole rings is 1. The number of hydrogen-bond acceptors (Lipinski definition) is 4. The molecule has 1 unspecified atom stereocenters. The third-order valence-corrected chi connectivity index (χ3v) is 6.82. The average molecular weight is 373 g/mol. The molecule has 0 saturated carbocycles. The van der Waals surface area contributed by atoms with Gasteiger partial charge in [-0.2, -0.15) is 5.10 Å². The minimum Gasteiger partial charge on any atom is -0.342 e. The summed E-state index contributed by atoms with van der Waals surface area (Å²) < 4.78 is 0. The molecule has 1 saturated heterocycles. The first-order valence-electron chi connectivity index (χ1n) is 9.67. The maximum atomic E-state index is 12.9. The first-order chi connectivity index (χ1) is 12.4. The van der Waals surface area contributed by atoms with Gasteiger partial charge in [0.15, 0.2) is 0 Å². The quantitative estimate of drug-likeness (QED) is 0.875. The lowest BCUT2D eigenvalue weighted by Gasteiger charge is -2.34. The predicted molar refractivity (Wildman–Crippen MR) is 103 cm³/mol. The van der Waals surface area contributed by atoms with Gasteiger partial charge in [0.2, 0.25) is 5.91 Å². The van der Waals surface area contributed by atoms with Crippen molar-refractivity contribution in [2.75, 3.05) is 13.1 Å². The molecule has 1 fully saturated rings. The van der Waals surface area contributed by atoms with Gasteiger partial charge < -0.3 is 4.90 Å². The summed E-state index contributed by atoms with van der Waals surface area (Å²) in [6, 6.07) is 0. The van der Waals surface area contributed by atoms with E-state index in [1.54, 1.807) is 11.3 Å². The summed E-state index contributed by atoms with van der Waals surface area (Å²) in [5.74, 6) is 0.954. The average Bonchev–Trinajstić information content (AvgIpc) is 3.29. The number of piperidine rings is 1. The molecule has 1 atom stereocenters. The van der Waals surface area contributed by atoms with E-state index in [1.807, 2.05) is 6.20 Å². The number of nitrogens with zero attached hydrogens (tertiary/aromatic N) is 3. The summed E-state index contributed by atoms with van der Waals surface area (Å²) in [4.78, 5) is 19.9. The van der Waals surface area contributed by atoms with E-state index in [0.29, 0.717) is 11.8 Å². The highest BCUT2D eigenvalue weighted by Gasteiger charge is 2.32. The Morgan fingerprint density at radius 3 is 2.73 bits per heavy atom. The molecule has 0 spiro atoms. The fraction of sp³-hybridized carbons (Fsp3) is 0.650. The molecule has 26 heavy (non-hydrogen) atoms. The zero-order valence-electron chi connectivity index (χ0n) is 15.9. The predicted octanol–water partition coefficient (Wildman–Crippen LogP) is 3.67. The molecule has 4 rings (SSSR count). The van der Waals surface area contributed by atoms with Crippen LogP contribution in [0.25, 0.3) is 0 Å². The number of amides is 1. The molecule has 5 nitrogen and oxygen atoms in total. The lowest BCUT2D eigenvalue weighted by atomic mass is 9.86. The molecule has 2 aromatic rings. The van der Waals surface area contributed by atoms with Crippen LogP contribution in [0, 0.1) is 5.92 Å².